The molecular weight excluding hydrogens is 252 g/mol. The van der Waals surface area contributed by atoms with Gasteiger partial charge in [0.1, 0.15) is 0 Å². The van der Waals surface area contributed by atoms with Crippen LogP contribution in [0.3, 0.4) is 0 Å². The van der Waals surface area contributed by atoms with Gasteiger partial charge in [-0.15, -0.1) is 0 Å². The smallest absolute Gasteiger partial charge is 0.0784 e. The first-order valence-electron chi connectivity index (χ1n) is 7.09. The van der Waals surface area contributed by atoms with Gasteiger partial charge in [-0.2, -0.15) is 0 Å². The molecule has 0 bridgehead atoms. The van der Waals surface area contributed by atoms with Crippen LogP contribution >= 0.6 is 12.2 Å². The number of nitrogens with zero attached hydrogens (tertiary/aromatic N) is 1. The van der Waals surface area contributed by atoms with Crippen LogP contribution in [0, 0.1) is 0 Å². The number of hydrogen-bond acceptors (Lipinski definition) is 2. The van der Waals surface area contributed by atoms with Gasteiger partial charge in [-0.1, -0.05) is 30.4 Å². The Morgan fingerprint density at radius 1 is 1.16 bits per heavy atom. The Morgan fingerprint density at radius 3 is 1.95 bits per heavy atom. The fraction of sp³-hybridized carbons (Fsp3) is 0.562. The summed E-state index contributed by atoms with van der Waals surface area (Å²) in [4.78, 5) is 3.33. The highest BCUT2D eigenvalue weighted by Crippen LogP contribution is 2.32. The standard InChI is InChI=1S/C10H22N2S.C6H4/c1-8(2)12(9(3)4)10(13)6-5-7-11;1-2-5-4-6(5)3-1/h8-9H,5-7,11H2,1-4H3;1-4H. The van der Waals surface area contributed by atoms with E-state index >= 15 is 0 Å². The maximum atomic E-state index is 5.45. The molecule has 2 nitrogen and oxygen atoms in total. The summed E-state index contributed by atoms with van der Waals surface area (Å²) in [7, 11) is 0. The molecule has 2 N–H and O–H groups in total. The summed E-state index contributed by atoms with van der Waals surface area (Å²) in [6, 6.07) is 9.46. The maximum Gasteiger partial charge on any atom is 0.0784 e. The van der Waals surface area contributed by atoms with Gasteiger partial charge in [0.05, 0.1) is 4.99 Å². The molecule has 0 aromatic heterocycles. The highest BCUT2D eigenvalue weighted by molar-refractivity contribution is 7.80. The van der Waals surface area contributed by atoms with Crippen molar-refractivity contribution in [2.45, 2.75) is 52.6 Å². The van der Waals surface area contributed by atoms with Crippen LogP contribution in [0.1, 0.15) is 40.5 Å². The number of thiocarbonyl (C=S) groups is 1. The zero-order valence-electron chi connectivity index (χ0n) is 12.5. The molecular formula is C16H26N2S. The molecule has 0 aromatic carbocycles. The molecule has 3 heteroatoms. The topological polar surface area (TPSA) is 29.3 Å². The molecule has 0 saturated carbocycles. The first kappa shape index (κ1) is 16.1. The van der Waals surface area contributed by atoms with Gasteiger partial charge in [0.2, 0.25) is 0 Å². The van der Waals surface area contributed by atoms with Crippen molar-refractivity contribution in [2.24, 2.45) is 5.73 Å². The fourth-order valence-corrected chi connectivity index (χ4v) is 2.80. The lowest BCUT2D eigenvalue weighted by molar-refractivity contribution is 0.291. The molecule has 0 fully saturated rings. The Labute approximate surface area is 123 Å². The van der Waals surface area contributed by atoms with Crippen molar-refractivity contribution in [1.82, 2.24) is 4.90 Å². The van der Waals surface area contributed by atoms with E-state index in [4.69, 9.17) is 18.0 Å². The lowest BCUT2D eigenvalue weighted by Crippen LogP contribution is -2.41. The third-order valence-corrected chi connectivity index (χ3v) is 3.52. The second kappa shape index (κ2) is 7.61. The summed E-state index contributed by atoms with van der Waals surface area (Å²) < 4.78 is 0. The minimum atomic E-state index is 0.491. The van der Waals surface area contributed by atoms with E-state index in [1.165, 1.54) is 11.1 Å². The van der Waals surface area contributed by atoms with E-state index in [0.717, 1.165) is 24.4 Å². The van der Waals surface area contributed by atoms with Crippen molar-refractivity contribution in [3.8, 4) is 11.1 Å². The van der Waals surface area contributed by atoms with Crippen LogP contribution in [-0.2, 0) is 0 Å². The maximum absolute atomic E-state index is 5.45. The van der Waals surface area contributed by atoms with E-state index in [1.54, 1.807) is 0 Å². The zero-order valence-corrected chi connectivity index (χ0v) is 13.3. The summed E-state index contributed by atoms with van der Waals surface area (Å²) in [5.74, 6) is 0. The predicted octanol–water partition coefficient (Wildman–Crippen LogP) is 3.84. The van der Waals surface area contributed by atoms with Gasteiger partial charge in [0.25, 0.3) is 0 Å². The summed E-state index contributed by atoms with van der Waals surface area (Å²) >= 11 is 5.36. The molecule has 0 spiro atoms. The third-order valence-electron chi connectivity index (χ3n) is 3.11. The first-order chi connectivity index (χ1) is 8.97. The Balaban J connectivity index is 0.000000241. The van der Waals surface area contributed by atoms with Crippen molar-refractivity contribution in [1.29, 1.82) is 0 Å². The second-order valence-corrected chi connectivity index (χ2v) is 5.93. The van der Waals surface area contributed by atoms with E-state index in [0.29, 0.717) is 12.1 Å². The first-order valence-corrected chi connectivity index (χ1v) is 7.49. The van der Waals surface area contributed by atoms with Crippen LogP contribution in [0.5, 0.6) is 0 Å². The van der Waals surface area contributed by atoms with Gasteiger partial charge in [-0.05, 0) is 64.3 Å². The molecule has 2 rings (SSSR count). The van der Waals surface area contributed by atoms with Gasteiger partial charge < -0.3 is 10.6 Å². The molecule has 0 atom stereocenters. The zero-order chi connectivity index (χ0) is 14.4. The van der Waals surface area contributed by atoms with Crippen LogP contribution < -0.4 is 5.73 Å². The molecule has 0 unspecified atom stereocenters. The molecule has 19 heavy (non-hydrogen) atoms. The lowest BCUT2D eigenvalue weighted by Gasteiger charge is -2.33. The molecule has 0 heterocycles. The Morgan fingerprint density at radius 2 is 1.68 bits per heavy atom. The number of benzene rings is 1. The largest absolute Gasteiger partial charge is 0.361 e. The van der Waals surface area contributed by atoms with Gasteiger partial charge in [0, 0.05) is 12.1 Å². The SMILES string of the molecule is CC(C)N(C(=S)CCCN)C(C)C.c1cc2cc-2c1. The average Bonchev–Trinajstić information content (AvgIpc) is 2.93. The molecule has 2 aliphatic rings. The number of nitrogens with two attached hydrogens (primary N) is 1. The van der Waals surface area contributed by atoms with Crippen molar-refractivity contribution in [3.63, 3.8) is 0 Å². The van der Waals surface area contributed by atoms with Crippen LogP contribution in [-0.4, -0.2) is 28.5 Å². The van der Waals surface area contributed by atoms with E-state index < -0.39 is 0 Å². The van der Waals surface area contributed by atoms with Crippen LogP contribution in [0.4, 0.5) is 0 Å². The normalized spacial score (nSPS) is 11.1. The van der Waals surface area contributed by atoms with E-state index in [9.17, 15) is 0 Å². The summed E-state index contributed by atoms with van der Waals surface area (Å²) in [6.45, 7) is 9.43. The number of rotatable bonds is 5. The molecule has 0 aliphatic heterocycles. The second-order valence-electron chi connectivity index (χ2n) is 5.46. The van der Waals surface area contributed by atoms with Crippen LogP contribution in [0.2, 0.25) is 0 Å². The van der Waals surface area contributed by atoms with E-state index in [2.05, 4.69) is 56.9 Å². The lowest BCUT2D eigenvalue weighted by atomic mass is 10.2. The van der Waals surface area contributed by atoms with Crippen molar-refractivity contribution < 1.29 is 0 Å². The van der Waals surface area contributed by atoms with Gasteiger partial charge in [-0.25, -0.2) is 0 Å². The monoisotopic (exact) mass is 278 g/mol. The van der Waals surface area contributed by atoms with Crippen molar-refractivity contribution in [3.05, 3.63) is 24.3 Å². The summed E-state index contributed by atoms with van der Waals surface area (Å²) in [6.07, 6.45) is 1.94. The highest BCUT2D eigenvalue weighted by atomic mass is 32.1. The Bertz CT molecular complexity index is 388. The Kier molecular flexibility index (Phi) is 6.46. The predicted molar refractivity (Wildman–Crippen MR) is 88.4 cm³/mol. The molecule has 0 radical (unpaired) electrons. The van der Waals surface area contributed by atoms with E-state index in [1.807, 2.05) is 0 Å². The van der Waals surface area contributed by atoms with Gasteiger partial charge in [0.15, 0.2) is 0 Å². The van der Waals surface area contributed by atoms with Gasteiger partial charge >= 0.3 is 0 Å². The molecule has 0 amide bonds. The fourth-order valence-electron chi connectivity index (χ4n) is 2.23. The minimum Gasteiger partial charge on any atom is -0.361 e. The number of hydrogen-bond donors (Lipinski definition) is 1. The number of fused-ring (bicyclic) bond motifs is 1. The molecule has 0 aromatic rings. The van der Waals surface area contributed by atoms with Gasteiger partial charge in [-0.3, -0.25) is 0 Å². The van der Waals surface area contributed by atoms with E-state index in [-0.39, 0.29) is 0 Å². The highest BCUT2D eigenvalue weighted by Gasteiger charge is 2.15. The molecule has 106 valence electrons. The van der Waals surface area contributed by atoms with Crippen LogP contribution in [0.15, 0.2) is 24.3 Å². The quantitative estimate of drug-likeness (QED) is 0.843. The van der Waals surface area contributed by atoms with Crippen LogP contribution in [0.25, 0.3) is 11.1 Å². The van der Waals surface area contributed by atoms with Crippen molar-refractivity contribution in [2.75, 3.05) is 6.54 Å². The molecule has 2 aliphatic carbocycles. The summed E-state index contributed by atoms with van der Waals surface area (Å²) in [5, 5.41) is 0. The Hall–Kier alpha value is -0.930. The molecule has 0 saturated heterocycles. The minimum absolute atomic E-state index is 0.491. The average molecular weight is 278 g/mol. The summed E-state index contributed by atoms with van der Waals surface area (Å²) in [5.41, 5.74) is 8.30. The van der Waals surface area contributed by atoms with Crippen molar-refractivity contribution >= 4 is 17.2 Å². The third kappa shape index (κ3) is 5.29.